The van der Waals surface area contributed by atoms with Crippen molar-refractivity contribution in [2.75, 3.05) is 5.32 Å². The van der Waals surface area contributed by atoms with Crippen molar-refractivity contribution >= 4 is 29.0 Å². The highest BCUT2D eigenvalue weighted by molar-refractivity contribution is 6.05. The van der Waals surface area contributed by atoms with Crippen molar-refractivity contribution in [2.45, 2.75) is 19.4 Å². The average Bonchev–Trinajstić information content (AvgIpc) is 2.83. The number of non-ortho nitro benzene ring substituents is 1. The molecule has 0 aliphatic heterocycles. The molecule has 0 aliphatic carbocycles. The van der Waals surface area contributed by atoms with Gasteiger partial charge in [0.25, 0.3) is 11.6 Å². The van der Waals surface area contributed by atoms with Crippen LogP contribution in [0.15, 0.2) is 78.9 Å². The van der Waals surface area contributed by atoms with E-state index in [9.17, 15) is 24.5 Å². The zero-order valence-electron chi connectivity index (χ0n) is 17.2. The zero-order chi connectivity index (χ0) is 23.1. The molecule has 0 saturated heterocycles. The normalized spacial score (nSPS) is 11.3. The van der Waals surface area contributed by atoms with Gasteiger partial charge in [-0.25, -0.2) is 4.79 Å². The molecule has 0 aromatic heterocycles. The molecule has 1 N–H and O–H groups in total. The molecule has 0 bridgehead atoms. The molecule has 3 rings (SSSR count). The van der Waals surface area contributed by atoms with E-state index in [-0.39, 0.29) is 22.6 Å². The van der Waals surface area contributed by atoms with Gasteiger partial charge in [0.05, 0.1) is 10.5 Å². The number of ketones is 1. The minimum absolute atomic E-state index is 0.111. The summed E-state index contributed by atoms with van der Waals surface area (Å²) in [5, 5.41) is 13.4. The van der Waals surface area contributed by atoms with Crippen LogP contribution in [0, 0.1) is 10.1 Å². The third-order valence-corrected chi connectivity index (χ3v) is 4.69. The smallest absolute Gasteiger partial charge is 0.338 e. The molecule has 3 aromatic carbocycles. The van der Waals surface area contributed by atoms with Crippen molar-refractivity contribution in [3.63, 3.8) is 0 Å². The molecule has 0 fully saturated rings. The lowest BCUT2D eigenvalue weighted by Crippen LogP contribution is -2.26. The van der Waals surface area contributed by atoms with E-state index < -0.39 is 22.9 Å². The van der Waals surface area contributed by atoms with Crippen LogP contribution in [0.1, 0.15) is 44.4 Å². The predicted molar refractivity (Wildman–Crippen MR) is 118 cm³/mol. The highest BCUT2D eigenvalue weighted by atomic mass is 16.6. The summed E-state index contributed by atoms with van der Waals surface area (Å²) in [5.74, 6) is -1.36. The van der Waals surface area contributed by atoms with Crippen LogP contribution in [0.25, 0.3) is 0 Å². The molecule has 0 saturated carbocycles. The van der Waals surface area contributed by atoms with E-state index in [0.29, 0.717) is 17.7 Å². The number of ether oxygens (including phenoxy) is 1. The molecule has 1 atom stereocenters. The summed E-state index contributed by atoms with van der Waals surface area (Å²) >= 11 is 0. The molecular formula is C24H20N2O6. The number of amides is 1. The van der Waals surface area contributed by atoms with Gasteiger partial charge in [0.2, 0.25) is 5.78 Å². The second kappa shape index (κ2) is 10.1. The molecule has 0 heterocycles. The number of rotatable bonds is 8. The summed E-state index contributed by atoms with van der Waals surface area (Å²) < 4.78 is 5.39. The largest absolute Gasteiger partial charge is 0.450 e. The van der Waals surface area contributed by atoms with Crippen molar-refractivity contribution in [3.05, 3.63) is 106 Å². The fourth-order valence-corrected chi connectivity index (χ4v) is 2.94. The summed E-state index contributed by atoms with van der Waals surface area (Å²) in [7, 11) is 0. The minimum Gasteiger partial charge on any atom is -0.450 e. The van der Waals surface area contributed by atoms with Gasteiger partial charge >= 0.3 is 5.97 Å². The number of carbonyl (C=O) groups is 3. The Kier molecular flexibility index (Phi) is 7.07. The van der Waals surface area contributed by atoms with Gasteiger partial charge in [0.1, 0.15) is 0 Å². The summed E-state index contributed by atoms with van der Waals surface area (Å²) in [6, 6.07) is 19.8. The van der Waals surface area contributed by atoms with E-state index in [2.05, 4.69) is 5.32 Å². The third kappa shape index (κ3) is 5.42. The number of benzene rings is 3. The number of carbonyl (C=O) groups excluding carboxylic acids is 3. The zero-order valence-corrected chi connectivity index (χ0v) is 17.2. The second-order valence-electron chi connectivity index (χ2n) is 6.87. The van der Waals surface area contributed by atoms with E-state index in [0.717, 1.165) is 0 Å². The van der Waals surface area contributed by atoms with Crippen LogP contribution in [0.5, 0.6) is 0 Å². The predicted octanol–water partition coefficient (Wildman–Crippen LogP) is 4.67. The molecule has 162 valence electrons. The first-order valence-electron chi connectivity index (χ1n) is 9.85. The van der Waals surface area contributed by atoms with E-state index in [4.69, 9.17) is 4.74 Å². The van der Waals surface area contributed by atoms with E-state index >= 15 is 0 Å². The summed E-state index contributed by atoms with van der Waals surface area (Å²) in [6.45, 7) is 1.76. The Morgan fingerprint density at radius 2 is 1.47 bits per heavy atom. The number of Topliss-reactive ketones (excluding diaryl/α,β-unsaturated/α-hetero) is 1. The van der Waals surface area contributed by atoms with Crippen LogP contribution < -0.4 is 5.32 Å². The third-order valence-electron chi connectivity index (χ3n) is 4.69. The van der Waals surface area contributed by atoms with Crippen LogP contribution in [0.4, 0.5) is 11.4 Å². The number of nitrogens with zero attached hydrogens (tertiary/aromatic N) is 1. The van der Waals surface area contributed by atoms with E-state index in [1.165, 1.54) is 48.5 Å². The maximum absolute atomic E-state index is 12.5. The van der Waals surface area contributed by atoms with Crippen LogP contribution in [-0.2, 0) is 4.74 Å². The number of esters is 1. The Balaban J connectivity index is 1.62. The van der Waals surface area contributed by atoms with Gasteiger partial charge < -0.3 is 10.1 Å². The van der Waals surface area contributed by atoms with Crippen molar-refractivity contribution in [1.82, 2.24) is 0 Å². The SMILES string of the molecule is CCC(OC(=O)c1ccc(NC(=O)c2ccc([N+](=O)[O-])cc2)cc1)C(=O)c1ccccc1. The van der Waals surface area contributed by atoms with Crippen molar-refractivity contribution in [3.8, 4) is 0 Å². The summed E-state index contributed by atoms with van der Waals surface area (Å²) in [6.07, 6.45) is -0.561. The van der Waals surface area contributed by atoms with Crippen molar-refractivity contribution in [1.29, 1.82) is 0 Å². The number of nitrogens with one attached hydrogen (secondary N) is 1. The number of hydrogen-bond acceptors (Lipinski definition) is 6. The Labute approximate surface area is 184 Å². The Morgan fingerprint density at radius 1 is 0.875 bits per heavy atom. The van der Waals surface area contributed by atoms with Gasteiger partial charge in [-0.3, -0.25) is 19.7 Å². The number of anilines is 1. The lowest BCUT2D eigenvalue weighted by atomic mass is 10.0. The van der Waals surface area contributed by atoms with Crippen molar-refractivity contribution in [2.24, 2.45) is 0 Å². The van der Waals surface area contributed by atoms with E-state index in [1.807, 2.05) is 0 Å². The van der Waals surface area contributed by atoms with Gasteiger partial charge in [-0.15, -0.1) is 0 Å². The molecule has 0 radical (unpaired) electrons. The first kappa shape index (κ1) is 22.4. The second-order valence-corrected chi connectivity index (χ2v) is 6.87. The molecule has 8 nitrogen and oxygen atoms in total. The first-order valence-corrected chi connectivity index (χ1v) is 9.85. The van der Waals surface area contributed by atoms with Crippen LogP contribution in [-0.4, -0.2) is 28.7 Å². The Hall–Kier alpha value is -4.33. The quantitative estimate of drug-likeness (QED) is 0.239. The molecule has 1 unspecified atom stereocenters. The monoisotopic (exact) mass is 432 g/mol. The van der Waals surface area contributed by atoms with Gasteiger partial charge in [-0.05, 0) is 42.8 Å². The number of nitro benzene ring substituents is 1. The minimum atomic E-state index is -0.897. The summed E-state index contributed by atoms with van der Waals surface area (Å²) in [4.78, 5) is 47.5. The maximum atomic E-state index is 12.5. The fraction of sp³-hybridized carbons (Fsp3) is 0.125. The number of hydrogen-bond donors (Lipinski definition) is 1. The lowest BCUT2D eigenvalue weighted by Gasteiger charge is -2.15. The molecule has 0 aliphatic rings. The Bertz CT molecular complexity index is 1130. The van der Waals surface area contributed by atoms with Crippen molar-refractivity contribution < 1.29 is 24.0 Å². The van der Waals surface area contributed by atoms with Gasteiger partial charge in [-0.1, -0.05) is 37.3 Å². The molecule has 32 heavy (non-hydrogen) atoms. The van der Waals surface area contributed by atoms with Gasteiger partial charge in [-0.2, -0.15) is 0 Å². The molecule has 0 spiro atoms. The topological polar surface area (TPSA) is 116 Å². The highest BCUT2D eigenvalue weighted by Gasteiger charge is 2.23. The van der Waals surface area contributed by atoms with Crippen LogP contribution in [0.3, 0.4) is 0 Å². The Morgan fingerprint density at radius 3 is 2.03 bits per heavy atom. The molecule has 8 heteroatoms. The molecule has 1 amide bonds. The van der Waals surface area contributed by atoms with Gasteiger partial charge in [0, 0.05) is 28.9 Å². The van der Waals surface area contributed by atoms with Gasteiger partial charge in [0.15, 0.2) is 6.10 Å². The van der Waals surface area contributed by atoms with Crippen LogP contribution >= 0.6 is 0 Å². The molecular weight excluding hydrogens is 412 g/mol. The average molecular weight is 432 g/mol. The fourth-order valence-electron chi connectivity index (χ4n) is 2.94. The standard InChI is InChI=1S/C24H20N2O6/c1-2-21(22(27)16-6-4-3-5-7-16)32-24(29)18-8-12-19(13-9-18)25-23(28)17-10-14-20(15-11-17)26(30)31/h3-15,21H,2H2,1H3,(H,25,28). The summed E-state index contributed by atoms with van der Waals surface area (Å²) in [5.41, 5.74) is 1.27. The lowest BCUT2D eigenvalue weighted by molar-refractivity contribution is -0.384. The van der Waals surface area contributed by atoms with Crippen LogP contribution in [0.2, 0.25) is 0 Å². The number of nitro groups is 1. The maximum Gasteiger partial charge on any atom is 0.338 e. The first-order chi connectivity index (χ1) is 15.4. The molecule has 3 aromatic rings. The van der Waals surface area contributed by atoms with E-state index in [1.54, 1.807) is 37.3 Å². The highest BCUT2D eigenvalue weighted by Crippen LogP contribution is 2.17.